The minimum absolute atomic E-state index is 0.0710. The van der Waals surface area contributed by atoms with E-state index < -0.39 is 0 Å². The van der Waals surface area contributed by atoms with Gasteiger partial charge >= 0.3 is 0 Å². The molecule has 0 saturated carbocycles. The number of rotatable bonds is 8. The fourth-order valence-electron chi connectivity index (χ4n) is 1.22. The van der Waals surface area contributed by atoms with Gasteiger partial charge < -0.3 is 19.9 Å². The monoisotopic (exact) mass is 226 g/mol. The van der Waals surface area contributed by atoms with Crippen molar-refractivity contribution in [1.82, 2.24) is 10.3 Å². The maximum absolute atomic E-state index is 8.49. The molecule has 0 spiro atoms. The van der Waals surface area contributed by atoms with Crippen LogP contribution in [-0.4, -0.2) is 43.6 Å². The van der Waals surface area contributed by atoms with E-state index in [0.29, 0.717) is 19.1 Å². The Labute approximate surface area is 95.4 Å². The zero-order valence-electron chi connectivity index (χ0n) is 9.48. The molecule has 0 fully saturated rings. The molecule has 5 nitrogen and oxygen atoms in total. The Balaban J connectivity index is 2.16. The number of aliphatic hydroxyl groups excluding tert-OH is 1. The van der Waals surface area contributed by atoms with Crippen LogP contribution in [0.15, 0.2) is 18.3 Å². The van der Waals surface area contributed by atoms with Gasteiger partial charge in [0.1, 0.15) is 0 Å². The lowest BCUT2D eigenvalue weighted by molar-refractivity contribution is 0.0938. The van der Waals surface area contributed by atoms with Crippen LogP contribution in [0.1, 0.15) is 5.56 Å². The average Bonchev–Trinajstić information content (AvgIpc) is 2.34. The first kappa shape index (κ1) is 12.9. The number of nitrogens with one attached hydrogen (secondary N) is 1. The molecule has 90 valence electrons. The summed E-state index contributed by atoms with van der Waals surface area (Å²) in [5, 5.41) is 11.7. The summed E-state index contributed by atoms with van der Waals surface area (Å²) in [6.45, 7) is 2.57. The SMILES string of the molecule is COc1cc(CNCCOCCO)ccn1. The van der Waals surface area contributed by atoms with Gasteiger partial charge in [0.25, 0.3) is 0 Å². The molecule has 0 amide bonds. The maximum Gasteiger partial charge on any atom is 0.213 e. The fraction of sp³-hybridized carbons (Fsp3) is 0.545. The molecule has 0 unspecified atom stereocenters. The smallest absolute Gasteiger partial charge is 0.213 e. The standard InChI is InChI=1S/C11H18N2O3/c1-15-11-8-10(2-3-13-11)9-12-4-6-16-7-5-14/h2-3,8,12,14H,4-7,9H2,1H3. The van der Waals surface area contributed by atoms with Crippen molar-refractivity contribution in [2.24, 2.45) is 0 Å². The van der Waals surface area contributed by atoms with Crippen LogP contribution in [0.3, 0.4) is 0 Å². The van der Waals surface area contributed by atoms with Gasteiger partial charge in [-0.15, -0.1) is 0 Å². The van der Waals surface area contributed by atoms with Crippen LogP contribution in [0, 0.1) is 0 Å². The van der Waals surface area contributed by atoms with E-state index in [1.54, 1.807) is 13.3 Å². The summed E-state index contributed by atoms with van der Waals surface area (Å²) in [7, 11) is 1.60. The Hall–Kier alpha value is -1.17. The molecule has 5 heteroatoms. The summed E-state index contributed by atoms with van der Waals surface area (Å²) in [6.07, 6.45) is 1.72. The first-order valence-electron chi connectivity index (χ1n) is 5.25. The molecular weight excluding hydrogens is 208 g/mol. The third-order valence-corrected chi connectivity index (χ3v) is 2.00. The van der Waals surface area contributed by atoms with Crippen molar-refractivity contribution in [3.63, 3.8) is 0 Å². The molecule has 0 saturated heterocycles. The molecule has 0 radical (unpaired) electrons. The van der Waals surface area contributed by atoms with E-state index in [0.717, 1.165) is 18.7 Å². The van der Waals surface area contributed by atoms with E-state index in [2.05, 4.69) is 10.3 Å². The van der Waals surface area contributed by atoms with E-state index in [4.69, 9.17) is 14.6 Å². The Bertz CT molecular complexity index is 294. The zero-order chi connectivity index (χ0) is 11.6. The number of hydrogen-bond acceptors (Lipinski definition) is 5. The zero-order valence-corrected chi connectivity index (χ0v) is 9.48. The second-order valence-electron chi connectivity index (χ2n) is 3.22. The van der Waals surface area contributed by atoms with Crippen LogP contribution in [-0.2, 0) is 11.3 Å². The first-order chi connectivity index (χ1) is 7.86. The molecule has 1 aromatic rings. The second-order valence-corrected chi connectivity index (χ2v) is 3.22. The number of aromatic nitrogens is 1. The predicted molar refractivity (Wildman–Crippen MR) is 60.4 cm³/mol. The molecule has 1 heterocycles. The highest BCUT2D eigenvalue weighted by Crippen LogP contribution is 2.07. The van der Waals surface area contributed by atoms with Crippen molar-refractivity contribution in [2.75, 3.05) is 33.5 Å². The van der Waals surface area contributed by atoms with Crippen molar-refractivity contribution >= 4 is 0 Å². The van der Waals surface area contributed by atoms with E-state index in [1.807, 2.05) is 12.1 Å². The maximum atomic E-state index is 8.49. The highest BCUT2D eigenvalue weighted by Gasteiger charge is 1.96. The number of nitrogens with zero attached hydrogens (tertiary/aromatic N) is 1. The number of pyridine rings is 1. The van der Waals surface area contributed by atoms with Crippen LogP contribution < -0.4 is 10.1 Å². The van der Waals surface area contributed by atoms with Crippen LogP contribution >= 0.6 is 0 Å². The van der Waals surface area contributed by atoms with Crippen LogP contribution in [0.2, 0.25) is 0 Å². The van der Waals surface area contributed by atoms with Gasteiger partial charge in [-0.05, 0) is 11.6 Å². The molecule has 0 atom stereocenters. The summed E-state index contributed by atoms with van der Waals surface area (Å²) >= 11 is 0. The molecule has 16 heavy (non-hydrogen) atoms. The van der Waals surface area contributed by atoms with Crippen LogP contribution in [0.4, 0.5) is 0 Å². The topological polar surface area (TPSA) is 63.6 Å². The van der Waals surface area contributed by atoms with Crippen molar-refractivity contribution in [3.8, 4) is 5.88 Å². The Morgan fingerprint density at radius 2 is 2.31 bits per heavy atom. The number of hydrogen-bond donors (Lipinski definition) is 2. The third-order valence-electron chi connectivity index (χ3n) is 2.00. The normalized spacial score (nSPS) is 10.4. The molecule has 0 aliphatic carbocycles. The average molecular weight is 226 g/mol. The van der Waals surface area contributed by atoms with Gasteiger partial charge in [0.05, 0.1) is 26.9 Å². The van der Waals surface area contributed by atoms with Crippen LogP contribution in [0.25, 0.3) is 0 Å². The largest absolute Gasteiger partial charge is 0.481 e. The first-order valence-corrected chi connectivity index (χ1v) is 5.25. The molecule has 0 aliphatic heterocycles. The van der Waals surface area contributed by atoms with Gasteiger partial charge in [-0.2, -0.15) is 0 Å². The van der Waals surface area contributed by atoms with Gasteiger partial charge in [-0.3, -0.25) is 0 Å². The fourth-order valence-corrected chi connectivity index (χ4v) is 1.22. The van der Waals surface area contributed by atoms with E-state index in [1.165, 1.54) is 0 Å². The summed E-state index contributed by atoms with van der Waals surface area (Å²) < 4.78 is 10.1. The Morgan fingerprint density at radius 1 is 1.44 bits per heavy atom. The molecule has 0 bridgehead atoms. The second kappa shape index (κ2) is 8.04. The highest BCUT2D eigenvalue weighted by molar-refractivity contribution is 5.20. The van der Waals surface area contributed by atoms with Gasteiger partial charge in [-0.1, -0.05) is 0 Å². The number of methoxy groups -OCH3 is 1. The third kappa shape index (κ3) is 5.06. The Morgan fingerprint density at radius 3 is 3.06 bits per heavy atom. The lowest BCUT2D eigenvalue weighted by Crippen LogP contribution is -2.20. The van der Waals surface area contributed by atoms with E-state index in [-0.39, 0.29) is 6.61 Å². The highest BCUT2D eigenvalue weighted by atomic mass is 16.5. The minimum atomic E-state index is 0.0710. The van der Waals surface area contributed by atoms with E-state index in [9.17, 15) is 0 Å². The number of aliphatic hydroxyl groups is 1. The molecule has 1 rings (SSSR count). The number of ether oxygens (including phenoxy) is 2. The van der Waals surface area contributed by atoms with Gasteiger partial charge in [0.15, 0.2) is 0 Å². The summed E-state index contributed by atoms with van der Waals surface area (Å²) in [5.41, 5.74) is 1.12. The van der Waals surface area contributed by atoms with Gasteiger partial charge in [0, 0.05) is 25.4 Å². The molecular formula is C11H18N2O3. The van der Waals surface area contributed by atoms with Crippen molar-refractivity contribution < 1.29 is 14.6 Å². The summed E-state index contributed by atoms with van der Waals surface area (Å²) in [5.74, 6) is 0.621. The predicted octanol–water partition coefficient (Wildman–Crippen LogP) is 0.189. The minimum Gasteiger partial charge on any atom is -0.481 e. The van der Waals surface area contributed by atoms with Gasteiger partial charge in [-0.25, -0.2) is 4.98 Å². The molecule has 1 aromatic heterocycles. The quantitative estimate of drug-likeness (QED) is 0.619. The molecule has 2 N–H and O–H groups in total. The molecule has 0 aliphatic rings. The Kier molecular flexibility index (Phi) is 6.48. The van der Waals surface area contributed by atoms with Crippen molar-refractivity contribution in [1.29, 1.82) is 0 Å². The molecule has 0 aromatic carbocycles. The summed E-state index contributed by atoms with van der Waals surface area (Å²) in [4.78, 5) is 4.02. The summed E-state index contributed by atoms with van der Waals surface area (Å²) in [6, 6.07) is 3.83. The van der Waals surface area contributed by atoms with Gasteiger partial charge in [0.2, 0.25) is 5.88 Å². The van der Waals surface area contributed by atoms with Crippen molar-refractivity contribution in [3.05, 3.63) is 23.9 Å². The van der Waals surface area contributed by atoms with E-state index >= 15 is 0 Å². The van der Waals surface area contributed by atoms with Crippen LogP contribution in [0.5, 0.6) is 5.88 Å². The lowest BCUT2D eigenvalue weighted by Gasteiger charge is -2.06. The lowest BCUT2D eigenvalue weighted by atomic mass is 10.2. The van der Waals surface area contributed by atoms with Crippen molar-refractivity contribution in [2.45, 2.75) is 6.54 Å².